The first-order valence-corrected chi connectivity index (χ1v) is 8.01. The van der Waals surface area contributed by atoms with Crippen molar-refractivity contribution in [2.45, 2.75) is 32.9 Å². The Hall–Kier alpha value is -0.130. The predicted octanol–water partition coefficient (Wildman–Crippen LogP) is 0.349. The average molecular weight is 248 g/mol. The summed E-state index contributed by atoms with van der Waals surface area (Å²) in [5.41, 5.74) is 0. The third kappa shape index (κ3) is 4.03. The maximum Gasteiger partial charge on any atom is 0.148 e. The molecule has 0 amide bonds. The summed E-state index contributed by atoms with van der Waals surface area (Å²) in [6, 6.07) is 0.565. The SMILES string of the molecule is CC(C)C1CNCCN1C(C)CS(C)(=O)=O. The summed E-state index contributed by atoms with van der Waals surface area (Å²) in [6.45, 7) is 9.26. The van der Waals surface area contributed by atoms with E-state index >= 15 is 0 Å². The van der Waals surface area contributed by atoms with Gasteiger partial charge in [-0.25, -0.2) is 8.42 Å². The lowest BCUT2D eigenvalue weighted by atomic mass is 9.99. The second-order valence-electron chi connectivity index (χ2n) is 5.19. The number of nitrogens with zero attached hydrogens (tertiary/aromatic N) is 1. The first-order chi connectivity index (χ1) is 7.31. The Bertz CT molecular complexity index is 314. The summed E-state index contributed by atoms with van der Waals surface area (Å²) in [5.74, 6) is 0.811. The Morgan fingerprint density at radius 1 is 1.38 bits per heavy atom. The summed E-state index contributed by atoms with van der Waals surface area (Å²) in [5, 5.41) is 3.37. The van der Waals surface area contributed by atoms with Crippen molar-refractivity contribution < 1.29 is 8.42 Å². The molecule has 0 aromatic carbocycles. The molecule has 1 heterocycles. The highest BCUT2D eigenvalue weighted by Gasteiger charge is 2.29. The molecule has 96 valence electrons. The number of hydrogen-bond donors (Lipinski definition) is 1. The second kappa shape index (κ2) is 5.47. The Morgan fingerprint density at radius 2 is 2.00 bits per heavy atom. The van der Waals surface area contributed by atoms with Crippen LogP contribution in [0.4, 0.5) is 0 Å². The lowest BCUT2D eigenvalue weighted by Crippen LogP contribution is -2.57. The maximum absolute atomic E-state index is 11.3. The Labute approximate surface area is 99.3 Å². The van der Waals surface area contributed by atoms with Crippen LogP contribution in [0.2, 0.25) is 0 Å². The molecule has 0 aliphatic carbocycles. The largest absolute Gasteiger partial charge is 0.314 e. The van der Waals surface area contributed by atoms with Crippen LogP contribution in [0.15, 0.2) is 0 Å². The molecule has 0 bridgehead atoms. The molecule has 16 heavy (non-hydrogen) atoms. The molecule has 1 aliphatic heterocycles. The molecule has 1 fully saturated rings. The number of hydrogen-bond acceptors (Lipinski definition) is 4. The summed E-state index contributed by atoms with van der Waals surface area (Å²) < 4.78 is 22.6. The van der Waals surface area contributed by atoms with E-state index in [9.17, 15) is 8.42 Å². The van der Waals surface area contributed by atoms with Gasteiger partial charge < -0.3 is 5.32 Å². The van der Waals surface area contributed by atoms with Crippen molar-refractivity contribution in [3.63, 3.8) is 0 Å². The highest BCUT2D eigenvalue weighted by molar-refractivity contribution is 7.90. The predicted molar refractivity (Wildman–Crippen MR) is 67.4 cm³/mol. The van der Waals surface area contributed by atoms with E-state index < -0.39 is 9.84 Å². The van der Waals surface area contributed by atoms with E-state index in [0.717, 1.165) is 19.6 Å². The fourth-order valence-corrected chi connectivity index (χ4v) is 3.51. The van der Waals surface area contributed by atoms with Crippen molar-refractivity contribution >= 4 is 9.84 Å². The van der Waals surface area contributed by atoms with Gasteiger partial charge in [-0.1, -0.05) is 13.8 Å². The van der Waals surface area contributed by atoms with Crippen molar-refractivity contribution in [3.05, 3.63) is 0 Å². The number of piperazine rings is 1. The van der Waals surface area contributed by atoms with Crippen molar-refractivity contribution in [2.24, 2.45) is 5.92 Å². The third-order valence-corrected chi connectivity index (χ3v) is 4.29. The van der Waals surface area contributed by atoms with Gasteiger partial charge in [0.15, 0.2) is 0 Å². The molecule has 2 unspecified atom stereocenters. The van der Waals surface area contributed by atoms with Crippen LogP contribution < -0.4 is 5.32 Å². The molecular weight excluding hydrogens is 224 g/mol. The van der Waals surface area contributed by atoms with Gasteiger partial charge in [-0.2, -0.15) is 0 Å². The van der Waals surface area contributed by atoms with Crippen molar-refractivity contribution in [1.82, 2.24) is 10.2 Å². The van der Waals surface area contributed by atoms with E-state index in [1.807, 2.05) is 6.92 Å². The third-order valence-electron chi connectivity index (χ3n) is 3.21. The van der Waals surface area contributed by atoms with Gasteiger partial charge in [0.2, 0.25) is 0 Å². The number of nitrogens with one attached hydrogen (secondary N) is 1. The topological polar surface area (TPSA) is 49.4 Å². The van der Waals surface area contributed by atoms with Gasteiger partial charge in [0.05, 0.1) is 5.75 Å². The van der Waals surface area contributed by atoms with Crippen molar-refractivity contribution in [1.29, 1.82) is 0 Å². The van der Waals surface area contributed by atoms with Gasteiger partial charge in [-0.05, 0) is 12.8 Å². The normalized spacial score (nSPS) is 25.9. The Balaban J connectivity index is 2.67. The first-order valence-electron chi connectivity index (χ1n) is 5.95. The standard InChI is InChI=1S/C11H24N2O2S/c1-9(2)11-7-12-5-6-13(11)10(3)8-16(4,14)15/h9-12H,5-8H2,1-4H3. The molecule has 2 atom stereocenters. The second-order valence-corrected chi connectivity index (χ2v) is 7.38. The lowest BCUT2D eigenvalue weighted by molar-refractivity contribution is 0.0935. The smallest absolute Gasteiger partial charge is 0.148 e. The summed E-state index contributed by atoms with van der Waals surface area (Å²) in [7, 11) is -2.88. The fraction of sp³-hybridized carbons (Fsp3) is 1.00. The summed E-state index contributed by atoms with van der Waals surface area (Å²) in [6.07, 6.45) is 1.32. The number of sulfone groups is 1. The number of rotatable bonds is 4. The molecule has 1 N–H and O–H groups in total. The van der Waals surface area contributed by atoms with Crippen LogP contribution in [0.3, 0.4) is 0 Å². The molecule has 0 saturated carbocycles. The molecule has 5 heteroatoms. The van der Waals surface area contributed by atoms with E-state index in [2.05, 4.69) is 24.1 Å². The molecular formula is C11H24N2O2S. The Kier molecular flexibility index (Phi) is 4.76. The van der Waals surface area contributed by atoms with Crippen LogP contribution in [-0.4, -0.2) is 57.0 Å². The quantitative estimate of drug-likeness (QED) is 0.780. The zero-order chi connectivity index (χ0) is 12.3. The van der Waals surface area contributed by atoms with Gasteiger partial charge in [-0.15, -0.1) is 0 Å². The van der Waals surface area contributed by atoms with E-state index in [0.29, 0.717) is 12.0 Å². The average Bonchev–Trinajstić information content (AvgIpc) is 2.15. The van der Waals surface area contributed by atoms with Crippen LogP contribution >= 0.6 is 0 Å². The van der Waals surface area contributed by atoms with Crippen molar-refractivity contribution in [3.8, 4) is 0 Å². The van der Waals surface area contributed by atoms with Crippen LogP contribution in [0.5, 0.6) is 0 Å². The van der Waals surface area contributed by atoms with Gasteiger partial charge in [0.25, 0.3) is 0 Å². The molecule has 1 rings (SSSR count). The van der Waals surface area contributed by atoms with Gasteiger partial charge in [-0.3, -0.25) is 4.90 Å². The summed E-state index contributed by atoms with van der Waals surface area (Å²) >= 11 is 0. The first kappa shape index (κ1) is 13.9. The minimum absolute atomic E-state index is 0.115. The molecule has 4 nitrogen and oxygen atoms in total. The lowest BCUT2D eigenvalue weighted by Gasteiger charge is -2.42. The van der Waals surface area contributed by atoms with E-state index in [4.69, 9.17) is 0 Å². The molecule has 0 radical (unpaired) electrons. The molecule has 0 aromatic heterocycles. The van der Waals surface area contributed by atoms with E-state index in [-0.39, 0.29) is 11.8 Å². The zero-order valence-corrected chi connectivity index (χ0v) is 11.5. The maximum atomic E-state index is 11.3. The minimum Gasteiger partial charge on any atom is -0.314 e. The zero-order valence-electron chi connectivity index (χ0n) is 10.7. The highest BCUT2D eigenvalue weighted by Crippen LogP contribution is 2.16. The van der Waals surface area contributed by atoms with Crippen LogP contribution in [-0.2, 0) is 9.84 Å². The van der Waals surface area contributed by atoms with E-state index in [1.54, 1.807) is 0 Å². The minimum atomic E-state index is -2.88. The Morgan fingerprint density at radius 3 is 2.50 bits per heavy atom. The highest BCUT2D eigenvalue weighted by atomic mass is 32.2. The molecule has 0 spiro atoms. The van der Waals surface area contributed by atoms with Crippen LogP contribution in [0.1, 0.15) is 20.8 Å². The fourth-order valence-electron chi connectivity index (χ4n) is 2.44. The molecule has 1 saturated heterocycles. The monoisotopic (exact) mass is 248 g/mol. The van der Waals surface area contributed by atoms with Gasteiger partial charge in [0.1, 0.15) is 9.84 Å². The molecule has 0 aromatic rings. The van der Waals surface area contributed by atoms with Crippen LogP contribution in [0, 0.1) is 5.92 Å². The van der Waals surface area contributed by atoms with Crippen molar-refractivity contribution in [2.75, 3.05) is 31.6 Å². The molecule has 1 aliphatic rings. The van der Waals surface area contributed by atoms with Crippen LogP contribution in [0.25, 0.3) is 0 Å². The summed E-state index contributed by atoms with van der Waals surface area (Å²) in [4.78, 5) is 2.34. The van der Waals surface area contributed by atoms with E-state index in [1.165, 1.54) is 6.26 Å². The van der Waals surface area contributed by atoms with Gasteiger partial charge in [0, 0.05) is 38.0 Å². The van der Waals surface area contributed by atoms with Gasteiger partial charge >= 0.3 is 0 Å².